The second-order valence-corrected chi connectivity index (χ2v) is 9.55. The van der Waals surface area contributed by atoms with E-state index in [0.29, 0.717) is 23.5 Å². The zero-order chi connectivity index (χ0) is 24.7. The minimum absolute atomic E-state index is 0.00183. The molecule has 0 aliphatic heterocycles. The van der Waals surface area contributed by atoms with Crippen LogP contribution in [0.3, 0.4) is 0 Å². The Kier molecular flexibility index (Phi) is 7.91. The number of benzene rings is 2. The van der Waals surface area contributed by atoms with Crippen LogP contribution in [0.1, 0.15) is 41.1 Å². The highest BCUT2D eigenvalue weighted by atomic mass is 32.2. The number of amides is 2. The SMILES string of the molecule is CCC(NC(=O)/C(=C/c1ccco1)NC(=O)c1ccc(OC)cc1)c1ccc(S(C)(=O)=O)cc1. The van der Waals surface area contributed by atoms with Gasteiger partial charge in [-0.1, -0.05) is 19.1 Å². The molecule has 0 aliphatic rings. The molecule has 1 unspecified atom stereocenters. The normalized spacial score (nSPS) is 12.6. The Bertz CT molecular complexity index is 1260. The Labute approximate surface area is 198 Å². The summed E-state index contributed by atoms with van der Waals surface area (Å²) in [6.07, 6.45) is 4.59. The number of furan rings is 1. The molecule has 0 aliphatic carbocycles. The number of carbonyl (C=O) groups excluding carboxylic acids is 2. The number of ether oxygens (including phenoxy) is 1. The van der Waals surface area contributed by atoms with Gasteiger partial charge < -0.3 is 19.8 Å². The zero-order valence-electron chi connectivity index (χ0n) is 19.1. The van der Waals surface area contributed by atoms with Crippen molar-refractivity contribution in [2.75, 3.05) is 13.4 Å². The maximum atomic E-state index is 13.2. The number of nitrogens with one attached hydrogen (secondary N) is 2. The van der Waals surface area contributed by atoms with Gasteiger partial charge in [0.1, 0.15) is 17.2 Å². The third-order valence-electron chi connectivity index (χ3n) is 5.10. The van der Waals surface area contributed by atoms with E-state index < -0.39 is 27.7 Å². The number of hydrogen-bond acceptors (Lipinski definition) is 6. The van der Waals surface area contributed by atoms with Crippen molar-refractivity contribution in [2.24, 2.45) is 0 Å². The third kappa shape index (κ3) is 6.35. The van der Waals surface area contributed by atoms with Crippen LogP contribution in [-0.4, -0.2) is 33.6 Å². The van der Waals surface area contributed by atoms with Crippen molar-refractivity contribution < 1.29 is 27.2 Å². The second-order valence-electron chi connectivity index (χ2n) is 7.53. The van der Waals surface area contributed by atoms with Gasteiger partial charge in [0.25, 0.3) is 11.8 Å². The molecular formula is C25H26N2O6S. The van der Waals surface area contributed by atoms with E-state index in [9.17, 15) is 18.0 Å². The lowest BCUT2D eigenvalue weighted by Crippen LogP contribution is -2.36. The summed E-state index contributed by atoms with van der Waals surface area (Å²) in [6, 6.07) is 15.8. The molecule has 0 bridgehead atoms. The van der Waals surface area contributed by atoms with E-state index in [1.54, 1.807) is 48.5 Å². The molecule has 0 fully saturated rings. The van der Waals surface area contributed by atoms with Gasteiger partial charge in [-0.15, -0.1) is 0 Å². The van der Waals surface area contributed by atoms with E-state index in [2.05, 4.69) is 10.6 Å². The minimum Gasteiger partial charge on any atom is -0.497 e. The lowest BCUT2D eigenvalue weighted by molar-refractivity contribution is -0.118. The largest absolute Gasteiger partial charge is 0.497 e. The summed E-state index contributed by atoms with van der Waals surface area (Å²) in [6.45, 7) is 1.89. The summed E-state index contributed by atoms with van der Waals surface area (Å²) >= 11 is 0. The minimum atomic E-state index is -3.32. The fourth-order valence-corrected chi connectivity index (χ4v) is 3.85. The molecule has 9 heteroatoms. The van der Waals surface area contributed by atoms with Crippen LogP contribution in [0.2, 0.25) is 0 Å². The van der Waals surface area contributed by atoms with Crippen molar-refractivity contribution in [1.29, 1.82) is 0 Å². The van der Waals surface area contributed by atoms with Crippen molar-refractivity contribution in [2.45, 2.75) is 24.3 Å². The number of carbonyl (C=O) groups is 2. The molecule has 2 aromatic carbocycles. The maximum Gasteiger partial charge on any atom is 0.268 e. The molecule has 1 heterocycles. The Hall–Kier alpha value is -3.85. The zero-order valence-corrected chi connectivity index (χ0v) is 19.9. The van der Waals surface area contributed by atoms with Gasteiger partial charge in [-0.2, -0.15) is 0 Å². The monoisotopic (exact) mass is 482 g/mol. The second kappa shape index (κ2) is 10.8. The smallest absolute Gasteiger partial charge is 0.268 e. The first-order valence-corrected chi connectivity index (χ1v) is 12.4. The summed E-state index contributed by atoms with van der Waals surface area (Å²) in [5.41, 5.74) is 1.09. The van der Waals surface area contributed by atoms with Gasteiger partial charge in [-0.3, -0.25) is 9.59 Å². The van der Waals surface area contributed by atoms with Crippen LogP contribution in [0.15, 0.2) is 81.9 Å². The summed E-state index contributed by atoms with van der Waals surface area (Å²) in [5.74, 6) is 0.0116. The fraction of sp³-hybridized carbons (Fsp3) is 0.200. The first-order chi connectivity index (χ1) is 16.2. The van der Waals surface area contributed by atoms with Crippen LogP contribution >= 0.6 is 0 Å². The first-order valence-electron chi connectivity index (χ1n) is 10.5. The molecule has 34 heavy (non-hydrogen) atoms. The molecule has 0 saturated carbocycles. The van der Waals surface area contributed by atoms with E-state index in [4.69, 9.17) is 9.15 Å². The fourth-order valence-electron chi connectivity index (χ4n) is 3.22. The van der Waals surface area contributed by atoms with E-state index >= 15 is 0 Å². The molecular weight excluding hydrogens is 456 g/mol. The van der Waals surface area contributed by atoms with Gasteiger partial charge >= 0.3 is 0 Å². The quantitative estimate of drug-likeness (QED) is 0.449. The topological polar surface area (TPSA) is 115 Å². The molecule has 0 spiro atoms. The van der Waals surface area contributed by atoms with Crippen LogP contribution in [0, 0.1) is 0 Å². The lowest BCUT2D eigenvalue weighted by atomic mass is 10.0. The summed E-state index contributed by atoms with van der Waals surface area (Å²) in [4.78, 5) is 26.1. The van der Waals surface area contributed by atoms with Crippen LogP contribution in [0.25, 0.3) is 6.08 Å². The molecule has 8 nitrogen and oxygen atoms in total. The molecule has 178 valence electrons. The van der Waals surface area contributed by atoms with Crippen molar-refractivity contribution >= 4 is 27.7 Å². The average Bonchev–Trinajstić information content (AvgIpc) is 3.34. The highest BCUT2D eigenvalue weighted by molar-refractivity contribution is 7.90. The van der Waals surface area contributed by atoms with Gasteiger partial charge in [-0.05, 0) is 60.5 Å². The van der Waals surface area contributed by atoms with Crippen LogP contribution in [0.4, 0.5) is 0 Å². The first kappa shape index (κ1) is 24.8. The van der Waals surface area contributed by atoms with Gasteiger partial charge in [-0.25, -0.2) is 8.42 Å². The van der Waals surface area contributed by atoms with E-state index in [-0.39, 0.29) is 10.6 Å². The number of methoxy groups -OCH3 is 1. The van der Waals surface area contributed by atoms with E-state index in [0.717, 1.165) is 11.8 Å². The molecule has 2 N–H and O–H groups in total. The molecule has 3 aromatic rings. The summed E-state index contributed by atoms with van der Waals surface area (Å²) in [5, 5.41) is 5.54. The van der Waals surface area contributed by atoms with Crippen molar-refractivity contribution in [1.82, 2.24) is 10.6 Å². The predicted molar refractivity (Wildman–Crippen MR) is 128 cm³/mol. The molecule has 2 amide bonds. The van der Waals surface area contributed by atoms with Crippen molar-refractivity contribution in [3.05, 3.63) is 89.5 Å². The lowest BCUT2D eigenvalue weighted by Gasteiger charge is -2.19. The molecule has 0 radical (unpaired) electrons. The van der Waals surface area contributed by atoms with Gasteiger partial charge in [0, 0.05) is 17.9 Å². The average molecular weight is 483 g/mol. The predicted octanol–water partition coefficient (Wildman–Crippen LogP) is 3.73. The van der Waals surface area contributed by atoms with Crippen LogP contribution < -0.4 is 15.4 Å². The standard InChI is InChI=1S/C25H26N2O6S/c1-4-22(17-9-13-21(14-10-17)34(3,30)31)26-25(29)23(16-20-6-5-15-33-20)27-24(28)18-7-11-19(32-2)12-8-18/h5-16,22H,4H2,1-3H3,(H,26,29)(H,27,28)/b23-16-. The summed E-state index contributed by atoms with van der Waals surface area (Å²) in [7, 11) is -1.79. The van der Waals surface area contributed by atoms with Crippen LogP contribution in [-0.2, 0) is 14.6 Å². The summed E-state index contributed by atoms with van der Waals surface area (Å²) < 4.78 is 33.9. The Morgan fingerprint density at radius 1 is 1.06 bits per heavy atom. The Morgan fingerprint density at radius 3 is 2.26 bits per heavy atom. The highest BCUT2D eigenvalue weighted by Gasteiger charge is 2.20. The van der Waals surface area contributed by atoms with E-state index in [1.165, 1.54) is 31.6 Å². The number of sulfone groups is 1. The molecule has 3 rings (SSSR count). The Morgan fingerprint density at radius 2 is 1.74 bits per heavy atom. The van der Waals surface area contributed by atoms with E-state index in [1.807, 2.05) is 6.92 Å². The number of rotatable bonds is 9. The van der Waals surface area contributed by atoms with Gasteiger partial charge in [0.15, 0.2) is 9.84 Å². The Balaban J connectivity index is 1.82. The van der Waals surface area contributed by atoms with Crippen molar-refractivity contribution in [3.8, 4) is 5.75 Å². The van der Waals surface area contributed by atoms with Crippen LogP contribution in [0.5, 0.6) is 5.75 Å². The molecule has 0 saturated heterocycles. The molecule has 1 aromatic heterocycles. The van der Waals surface area contributed by atoms with Crippen molar-refractivity contribution in [3.63, 3.8) is 0 Å². The maximum absolute atomic E-state index is 13.2. The highest BCUT2D eigenvalue weighted by Crippen LogP contribution is 2.20. The number of hydrogen-bond donors (Lipinski definition) is 2. The molecule has 1 atom stereocenters. The van der Waals surface area contributed by atoms with Gasteiger partial charge in [0.05, 0.1) is 24.3 Å². The third-order valence-corrected chi connectivity index (χ3v) is 6.23. The van der Waals surface area contributed by atoms with Gasteiger partial charge in [0.2, 0.25) is 0 Å².